The normalized spacial score (nSPS) is 18.2. The van der Waals surface area contributed by atoms with Gasteiger partial charge in [-0.2, -0.15) is 5.26 Å². The van der Waals surface area contributed by atoms with E-state index in [1.807, 2.05) is 6.07 Å². The first-order chi connectivity index (χ1) is 10.6. The maximum absolute atomic E-state index is 12.4. The van der Waals surface area contributed by atoms with Crippen LogP contribution in [0, 0.1) is 17.2 Å². The summed E-state index contributed by atoms with van der Waals surface area (Å²) in [4.78, 5) is 24.3. The maximum atomic E-state index is 12.4. The fourth-order valence-electron chi connectivity index (χ4n) is 2.15. The quantitative estimate of drug-likeness (QED) is 0.879. The van der Waals surface area contributed by atoms with E-state index < -0.39 is 33.9 Å². The van der Waals surface area contributed by atoms with Crippen LogP contribution in [-0.4, -0.2) is 36.6 Å². The highest BCUT2D eigenvalue weighted by Gasteiger charge is 2.42. The van der Waals surface area contributed by atoms with E-state index in [1.165, 1.54) is 18.2 Å². The lowest BCUT2D eigenvalue weighted by atomic mass is 9.90. The molecular formula is C15H17N3O4S. The van der Waals surface area contributed by atoms with Crippen LogP contribution in [0.15, 0.2) is 29.2 Å². The SMILES string of the molecule is CC(C)[C@](C)(C#N)NC(=O)CN1C(=O)c2ccccc2S1(=O)=O. The third-order valence-electron chi connectivity index (χ3n) is 3.99. The molecule has 0 aliphatic carbocycles. The molecular weight excluding hydrogens is 318 g/mol. The zero-order valence-electron chi connectivity index (χ0n) is 13.0. The predicted octanol–water partition coefficient (Wildman–Crippen LogP) is 0.886. The molecule has 1 N–H and O–H groups in total. The molecule has 23 heavy (non-hydrogen) atoms. The lowest BCUT2D eigenvalue weighted by Crippen LogP contribution is -2.52. The third kappa shape index (κ3) is 2.80. The fourth-order valence-corrected chi connectivity index (χ4v) is 3.67. The molecule has 2 amide bonds. The number of nitrogens with zero attached hydrogens (tertiary/aromatic N) is 2. The van der Waals surface area contributed by atoms with Crippen LogP contribution in [-0.2, 0) is 14.8 Å². The van der Waals surface area contributed by atoms with Crippen LogP contribution in [0.4, 0.5) is 0 Å². The van der Waals surface area contributed by atoms with Crippen molar-refractivity contribution in [2.45, 2.75) is 31.2 Å². The highest BCUT2D eigenvalue weighted by atomic mass is 32.2. The Morgan fingerprint density at radius 3 is 2.52 bits per heavy atom. The number of nitriles is 1. The lowest BCUT2D eigenvalue weighted by Gasteiger charge is -2.28. The predicted molar refractivity (Wildman–Crippen MR) is 81.7 cm³/mol. The molecule has 0 spiro atoms. The largest absolute Gasteiger partial charge is 0.336 e. The van der Waals surface area contributed by atoms with Crippen LogP contribution in [0.2, 0.25) is 0 Å². The molecule has 0 saturated heterocycles. The van der Waals surface area contributed by atoms with Crippen LogP contribution in [0.1, 0.15) is 31.1 Å². The van der Waals surface area contributed by atoms with Crippen molar-refractivity contribution in [1.82, 2.24) is 9.62 Å². The first-order valence-corrected chi connectivity index (χ1v) is 8.46. The van der Waals surface area contributed by atoms with E-state index in [-0.39, 0.29) is 16.4 Å². The number of hydrogen-bond donors (Lipinski definition) is 1. The number of rotatable bonds is 4. The number of amides is 2. The molecule has 2 rings (SSSR count). The molecule has 0 bridgehead atoms. The van der Waals surface area contributed by atoms with E-state index >= 15 is 0 Å². The van der Waals surface area contributed by atoms with Crippen LogP contribution >= 0.6 is 0 Å². The Morgan fingerprint density at radius 1 is 1.39 bits per heavy atom. The fraction of sp³-hybridized carbons (Fsp3) is 0.400. The molecule has 122 valence electrons. The van der Waals surface area contributed by atoms with Crippen molar-refractivity contribution in [3.05, 3.63) is 29.8 Å². The van der Waals surface area contributed by atoms with Crippen molar-refractivity contribution in [3.63, 3.8) is 0 Å². The molecule has 1 aromatic rings. The van der Waals surface area contributed by atoms with Crippen molar-refractivity contribution in [2.24, 2.45) is 5.92 Å². The molecule has 1 heterocycles. The molecule has 1 aliphatic rings. The van der Waals surface area contributed by atoms with Crippen molar-refractivity contribution < 1.29 is 18.0 Å². The summed E-state index contributed by atoms with van der Waals surface area (Å²) in [7, 11) is -4.03. The topological polar surface area (TPSA) is 107 Å². The molecule has 0 fully saturated rings. The molecule has 0 saturated carbocycles. The van der Waals surface area contributed by atoms with Gasteiger partial charge in [-0.15, -0.1) is 0 Å². The number of hydrogen-bond acceptors (Lipinski definition) is 5. The minimum atomic E-state index is -4.03. The van der Waals surface area contributed by atoms with Crippen molar-refractivity contribution >= 4 is 21.8 Å². The molecule has 0 aromatic heterocycles. The zero-order valence-corrected chi connectivity index (χ0v) is 13.8. The van der Waals surface area contributed by atoms with Gasteiger partial charge in [0.25, 0.3) is 15.9 Å². The monoisotopic (exact) mass is 335 g/mol. The second-order valence-electron chi connectivity index (χ2n) is 5.83. The Balaban J connectivity index is 2.24. The summed E-state index contributed by atoms with van der Waals surface area (Å²) in [6.07, 6.45) is 0. The van der Waals surface area contributed by atoms with Gasteiger partial charge in [0.15, 0.2) is 0 Å². The summed E-state index contributed by atoms with van der Waals surface area (Å²) < 4.78 is 25.3. The van der Waals surface area contributed by atoms with Gasteiger partial charge in [-0.3, -0.25) is 9.59 Å². The summed E-state index contributed by atoms with van der Waals surface area (Å²) in [6, 6.07) is 7.80. The number of benzene rings is 1. The van der Waals surface area contributed by atoms with Crippen molar-refractivity contribution in [3.8, 4) is 6.07 Å². The number of carbonyl (C=O) groups excluding carboxylic acids is 2. The minimum absolute atomic E-state index is 0.0483. The van der Waals surface area contributed by atoms with Gasteiger partial charge < -0.3 is 5.32 Å². The van der Waals surface area contributed by atoms with Gasteiger partial charge in [0, 0.05) is 0 Å². The number of fused-ring (bicyclic) bond motifs is 1. The number of sulfonamides is 1. The van der Waals surface area contributed by atoms with Crippen LogP contribution in [0.25, 0.3) is 0 Å². The average molecular weight is 335 g/mol. The van der Waals surface area contributed by atoms with Gasteiger partial charge in [0.2, 0.25) is 5.91 Å². The first kappa shape index (κ1) is 17.0. The molecule has 1 atom stereocenters. The van der Waals surface area contributed by atoms with Gasteiger partial charge in [0.1, 0.15) is 17.0 Å². The van der Waals surface area contributed by atoms with Crippen molar-refractivity contribution in [1.29, 1.82) is 5.26 Å². The standard InChI is InChI=1S/C15H17N3O4S/c1-10(2)15(3,9-16)17-13(19)8-18-14(20)11-6-4-5-7-12(11)23(18,21)22/h4-7,10H,8H2,1-3H3,(H,17,19)/t15-/m0/s1. The second-order valence-corrected chi connectivity index (χ2v) is 7.66. The van der Waals surface area contributed by atoms with Gasteiger partial charge >= 0.3 is 0 Å². The van der Waals surface area contributed by atoms with E-state index in [2.05, 4.69) is 5.32 Å². The number of nitrogens with one attached hydrogen (secondary N) is 1. The summed E-state index contributed by atoms with van der Waals surface area (Å²) >= 11 is 0. The van der Waals surface area contributed by atoms with E-state index in [0.29, 0.717) is 4.31 Å². The van der Waals surface area contributed by atoms with Crippen molar-refractivity contribution in [2.75, 3.05) is 6.54 Å². The molecule has 1 aliphatic heterocycles. The van der Waals surface area contributed by atoms with Gasteiger partial charge in [-0.25, -0.2) is 12.7 Å². The van der Waals surface area contributed by atoms with Crippen LogP contribution in [0.5, 0.6) is 0 Å². The first-order valence-electron chi connectivity index (χ1n) is 7.02. The Kier molecular flexibility index (Phi) is 4.18. The lowest BCUT2D eigenvalue weighted by molar-refractivity contribution is -0.122. The van der Waals surface area contributed by atoms with Crippen LogP contribution < -0.4 is 5.32 Å². The Bertz CT molecular complexity index is 810. The molecule has 7 nitrogen and oxygen atoms in total. The summed E-state index contributed by atoms with van der Waals surface area (Å²) in [5, 5.41) is 11.7. The van der Waals surface area contributed by atoms with Gasteiger partial charge in [-0.1, -0.05) is 26.0 Å². The summed E-state index contributed by atoms with van der Waals surface area (Å²) in [6.45, 7) is 4.42. The van der Waals surface area contributed by atoms with E-state index in [4.69, 9.17) is 0 Å². The highest BCUT2D eigenvalue weighted by Crippen LogP contribution is 2.29. The molecule has 1 aromatic carbocycles. The minimum Gasteiger partial charge on any atom is -0.336 e. The summed E-state index contributed by atoms with van der Waals surface area (Å²) in [5.74, 6) is -1.62. The highest BCUT2D eigenvalue weighted by molar-refractivity contribution is 7.90. The average Bonchev–Trinajstić information content (AvgIpc) is 2.68. The van der Waals surface area contributed by atoms with E-state index in [1.54, 1.807) is 26.8 Å². The Labute approximate surface area is 134 Å². The molecule has 0 unspecified atom stereocenters. The molecule has 0 radical (unpaired) electrons. The Hall–Kier alpha value is -2.40. The molecule has 8 heteroatoms. The third-order valence-corrected chi connectivity index (χ3v) is 5.77. The zero-order chi connectivity index (χ0) is 17.4. The smallest absolute Gasteiger partial charge is 0.269 e. The van der Waals surface area contributed by atoms with E-state index in [9.17, 15) is 23.3 Å². The van der Waals surface area contributed by atoms with Gasteiger partial charge in [-0.05, 0) is 25.0 Å². The second kappa shape index (κ2) is 5.66. The van der Waals surface area contributed by atoms with E-state index in [0.717, 1.165) is 0 Å². The van der Waals surface area contributed by atoms with Crippen LogP contribution in [0.3, 0.4) is 0 Å². The summed E-state index contributed by atoms with van der Waals surface area (Å²) in [5.41, 5.74) is -1.09. The maximum Gasteiger partial charge on any atom is 0.269 e. The van der Waals surface area contributed by atoms with Gasteiger partial charge in [0.05, 0.1) is 11.6 Å². The number of carbonyl (C=O) groups is 2. The Morgan fingerprint density at radius 2 is 2.00 bits per heavy atom.